The van der Waals surface area contributed by atoms with E-state index < -0.39 is 27.1 Å². The average Bonchev–Trinajstić information content (AvgIpc) is 2.72. The van der Waals surface area contributed by atoms with Crippen molar-refractivity contribution in [2.45, 2.75) is 26.3 Å². The first-order valence-electron chi connectivity index (χ1n) is 9.43. The van der Waals surface area contributed by atoms with E-state index in [0.717, 1.165) is 38.3 Å². The summed E-state index contributed by atoms with van der Waals surface area (Å²) in [6, 6.07) is 0.792. The van der Waals surface area contributed by atoms with Crippen molar-refractivity contribution < 1.29 is 26.6 Å². The maximum atomic E-state index is 5.72. The molecule has 0 aromatic carbocycles. The Hall–Kier alpha value is -0.0894. The predicted molar refractivity (Wildman–Crippen MR) is 115 cm³/mol. The monoisotopic (exact) mass is 440 g/mol. The minimum Gasteiger partial charge on any atom is -0.378 e. The summed E-state index contributed by atoms with van der Waals surface area (Å²) in [6.45, 7) is 7.07. The highest BCUT2D eigenvalue weighted by molar-refractivity contribution is 6.83. The van der Waals surface area contributed by atoms with Crippen LogP contribution in [-0.2, 0) is 26.6 Å². The molecule has 0 aromatic heterocycles. The molecule has 27 heavy (non-hydrogen) atoms. The van der Waals surface area contributed by atoms with Gasteiger partial charge >= 0.3 is 17.6 Å². The topological polar surface area (TPSA) is 70.7 Å². The van der Waals surface area contributed by atoms with E-state index in [1.165, 1.54) is 4.82 Å². The Balaban J connectivity index is 4.75. The van der Waals surface area contributed by atoms with Crippen LogP contribution in [0.2, 0.25) is 6.04 Å². The Bertz CT molecular complexity index is 389. The molecule has 1 N–H and O–H groups in total. The van der Waals surface area contributed by atoms with Gasteiger partial charge in [0.25, 0.3) is 0 Å². The number of nitrogens with zero attached hydrogens (tertiary/aromatic N) is 1. The van der Waals surface area contributed by atoms with Crippen LogP contribution in [0.25, 0.3) is 0 Å². The quantitative estimate of drug-likeness (QED) is 0.260. The SMILES string of the molecule is CCN(C=C([SiH2]CNCCC[Si](OC)(OC)OC)[Si](OC)(OC)OC)CC. The van der Waals surface area contributed by atoms with Gasteiger partial charge in [0.2, 0.25) is 0 Å². The van der Waals surface area contributed by atoms with Crippen LogP contribution in [0.5, 0.6) is 0 Å². The van der Waals surface area contributed by atoms with Gasteiger partial charge in [-0.1, -0.05) is 0 Å². The highest BCUT2D eigenvalue weighted by atomic mass is 28.4. The van der Waals surface area contributed by atoms with Gasteiger partial charge in [-0.3, -0.25) is 0 Å². The summed E-state index contributed by atoms with van der Waals surface area (Å²) < 4.78 is 33.5. The molecule has 0 atom stereocenters. The lowest BCUT2D eigenvalue weighted by molar-refractivity contribution is 0.123. The second-order valence-corrected chi connectivity index (χ2v) is 14.5. The molecule has 0 heterocycles. The fourth-order valence-corrected chi connectivity index (χ4v) is 10.2. The molecule has 11 heteroatoms. The largest absolute Gasteiger partial charge is 0.528 e. The van der Waals surface area contributed by atoms with Crippen molar-refractivity contribution in [2.24, 2.45) is 0 Å². The average molecular weight is 441 g/mol. The van der Waals surface area contributed by atoms with E-state index in [2.05, 4.69) is 30.3 Å². The minimum absolute atomic E-state index is 0.638. The highest BCUT2D eigenvalue weighted by Crippen LogP contribution is 2.18. The molecule has 162 valence electrons. The van der Waals surface area contributed by atoms with E-state index >= 15 is 0 Å². The van der Waals surface area contributed by atoms with Gasteiger partial charge in [-0.25, -0.2) is 0 Å². The van der Waals surface area contributed by atoms with Crippen LogP contribution in [0, 0.1) is 0 Å². The van der Waals surface area contributed by atoms with E-state index in [-0.39, 0.29) is 0 Å². The molecular weight excluding hydrogens is 400 g/mol. The van der Waals surface area contributed by atoms with Crippen molar-refractivity contribution in [3.8, 4) is 0 Å². The van der Waals surface area contributed by atoms with E-state index in [4.69, 9.17) is 26.6 Å². The van der Waals surface area contributed by atoms with Crippen LogP contribution in [-0.4, -0.2) is 100 Å². The Morgan fingerprint density at radius 2 is 1.41 bits per heavy atom. The summed E-state index contributed by atoms with van der Waals surface area (Å²) >= 11 is 0. The number of rotatable bonds is 17. The van der Waals surface area contributed by atoms with Gasteiger partial charge in [0.15, 0.2) is 0 Å². The molecule has 0 amide bonds. The molecule has 0 radical (unpaired) electrons. The molecule has 0 bridgehead atoms. The maximum absolute atomic E-state index is 5.72. The first-order valence-corrected chi connectivity index (χ1v) is 14.8. The second kappa shape index (κ2) is 14.8. The van der Waals surface area contributed by atoms with Crippen molar-refractivity contribution >= 4 is 27.1 Å². The Morgan fingerprint density at radius 3 is 1.81 bits per heavy atom. The van der Waals surface area contributed by atoms with Gasteiger partial charge < -0.3 is 36.8 Å². The first-order chi connectivity index (χ1) is 13.0. The summed E-state index contributed by atoms with van der Waals surface area (Å²) in [5.74, 6) is 0. The zero-order valence-corrected chi connectivity index (χ0v) is 21.8. The Kier molecular flexibility index (Phi) is 14.8. The smallest absolute Gasteiger partial charge is 0.378 e. The van der Waals surface area contributed by atoms with Gasteiger partial charge in [0.05, 0.1) is 9.52 Å². The first kappa shape index (κ1) is 26.9. The molecular formula is C16H40N2O6Si3. The molecule has 0 aromatic rings. The summed E-state index contributed by atoms with van der Waals surface area (Å²) in [4.78, 5) is 3.47. The van der Waals surface area contributed by atoms with Crippen molar-refractivity contribution in [3.05, 3.63) is 11.0 Å². The van der Waals surface area contributed by atoms with Crippen molar-refractivity contribution in [1.82, 2.24) is 10.2 Å². The zero-order chi connectivity index (χ0) is 20.8. The van der Waals surface area contributed by atoms with Gasteiger partial charge in [-0.2, -0.15) is 0 Å². The number of nitrogens with one attached hydrogen (secondary N) is 1. The molecule has 0 unspecified atom stereocenters. The van der Waals surface area contributed by atoms with Crippen molar-refractivity contribution in [1.29, 1.82) is 0 Å². The van der Waals surface area contributed by atoms with Gasteiger partial charge in [0, 0.05) is 61.8 Å². The number of hydrogen-bond acceptors (Lipinski definition) is 8. The van der Waals surface area contributed by atoms with Crippen LogP contribution in [0.15, 0.2) is 11.0 Å². The molecule has 0 saturated carbocycles. The second-order valence-electron chi connectivity index (χ2n) is 5.94. The molecule has 0 spiro atoms. The Morgan fingerprint density at radius 1 is 0.889 bits per heavy atom. The third kappa shape index (κ3) is 8.43. The normalized spacial score (nSPS) is 13.7. The third-order valence-electron chi connectivity index (χ3n) is 4.69. The molecule has 0 aliphatic heterocycles. The molecule has 8 nitrogen and oxygen atoms in total. The summed E-state index contributed by atoms with van der Waals surface area (Å²) in [7, 11) is 4.06. The highest BCUT2D eigenvalue weighted by Gasteiger charge is 2.42. The lowest BCUT2D eigenvalue weighted by atomic mass is 10.5. The molecule has 0 aliphatic rings. The van der Waals surface area contributed by atoms with Crippen LogP contribution in [0.1, 0.15) is 20.3 Å². The van der Waals surface area contributed by atoms with E-state index in [1.807, 2.05) is 0 Å². The third-order valence-corrected chi connectivity index (χ3v) is 13.4. The Labute approximate surface area is 170 Å². The summed E-state index contributed by atoms with van der Waals surface area (Å²) in [5.41, 5.74) is 0. The van der Waals surface area contributed by atoms with Crippen LogP contribution >= 0.6 is 0 Å². The maximum Gasteiger partial charge on any atom is 0.528 e. The van der Waals surface area contributed by atoms with Crippen molar-refractivity contribution in [3.63, 3.8) is 0 Å². The lowest BCUT2D eigenvalue weighted by Crippen LogP contribution is -2.49. The van der Waals surface area contributed by atoms with Crippen LogP contribution < -0.4 is 5.32 Å². The van der Waals surface area contributed by atoms with E-state index in [0.29, 0.717) is 0 Å². The van der Waals surface area contributed by atoms with Crippen LogP contribution in [0.3, 0.4) is 0 Å². The number of hydrogen-bond donors (Lipinski definition) is 1. The fraction of sp³-hybridized carbons (Fsp3) is 0.875. The molecule has 0 rings (SSSR count). The van der Waals surface area contributed by atoms with Gasteiger partial charge in [-0.15, -0.1) is 0 Å². The summed E-state index contributed by atoms with van der Waals surface area (Å²) in [5, 5.41) is 3.53. The molecule has 0 fully saturated rings. The summed E-state index contributed by atoms with van der Waals surface area (Å²) in [6.07, 6.45) is 4.07. The molecule has 0 aliphatic carbocycles. The standard InChI is InChI=1S/C16H40N2O6Si3/c1-9-18(10-2)14-16(27(22-6,23-7)24-8)25-15-17-12-11-13-26(19-3,20-4)21-5/h14,17H,9-13,15,25H2,1-8H3. The fourth-order valence-electron chi connectivity index (χ4n) is 2.90. The van der Waals surface area contributed by atoms with Gasteiger partial charge in [-0.05, 0) is 44.0 Å². The van der Waals surface area contributed by atoms with Crippen LogP contribution in [0.4, 0.5) is 0 Å². The predicted octanol–water partition coefficient (Wildman–Crippen LogP) is 0.571. The molecule has 0 saturated heterocycles. The van der Waals surface area contributed by atoms with Crippen molar-refractivity contribution in [2.75, 3.05) is 68.5 Å². The van der Waals surface area contributed by atoms with Gasteiger partial charge in [0.1, 0.15) is 0 Å². The zero-order valence-electron chi connectivity index (χ0n) is 18.4. The van der Waals surface area contributed by atoms with E-state index in [9.17, 15) is 0 Å². The van der Waals surface area contributed by atoms with E-state index in [1.54, 1.807) is 42.7 Å². The minimum atomic E-state index is -2.77. The lowest BCUT2D eigenvalue weighted by Gasteiger charge is -2.29.